The lowest BCUT2D eigenvalue weighted by molar-refractivity contribution is 0.590. The van der Waals surface area contributed by atoms with Crippen LogP contribution in [0.4, 0.5) is 34.1 Å². The average Bonchev–Trinajstić information content (AvgIpc) is 1.47. The molecule has 11 aromatic rings. The lowest BCUT2D eigenvalue weighted by Crippen LogP contribution is -2.30. The summed E-state index contributed by atoms with van der Waals surface area (Å²) in [4.78, 5) is 4.92. The Kier molecular flexibility index (Phi) is 15.8. The van der Waals surface area contributed by atoms with Gasteiger partial charge in [0.15, 0.2) is 0 Å². The molecule has 0 amide bonds. The zero-order valence-electron chi connectivity index (χ0n) is 55.9. The van der Waals surface area contributed by atoms with Gasteiger partial charge in [0, 0.05) is 61.1 Å². The van der Waals surface area contributed by atoms with Gasteiger partial charge in [-0.05, 0) is 162 Å². The maximum absolute atomic E-state index is 2.65. The van der Waals surface area contributed by atoms with Crippen LogP contribution in [0, 0.1) is 0 Å². The second kappa shape index (κ2) is 22.6. The van der Waals surface area contributed by atoms with Crippen molar-refractivity contribution in [3.63, 3.8) is 0 Å². The lowest BCUT2D eigenvalue weighted by atomic mass is 9.68. The summed E-state index contributed by atoms with van der Waals surface area (Å²) >= 11 is 0. The summed E-state index contributed by atoms with van der Waals surface area (Å²) < 4.78 is 2.65. The van der Waals surface area contributed by atoms with Crippen LogP contribution in [0.15, 0.2) is 237 Å². The van der Waals surface area contributed by atoms with Gasteiger partial charge in [0.1, 0.15) is 0 Å². The van der Waals surface area contributed by atoms with Gasteiger partial charge in [-0.3, -0.25) is 0 Å². The van der Waals surface area contributed by atoms with Gasteiger partial charge in [-0.1, -0.05) is 276 Å². The molecule has 0 saturated heterocycles. The van der Waals surface area contributed by atoms with Gasteiger partial charge in [0.2, 0.25) is 0 Å². The third-order valence-corrected chi connectivity index (χ3v) is 19.1. The Morgan fingerprint density at radius 3 is 0.739 bits per heavy atom. The van der Waals surface area contributed by atoms with Gasteiger partial charge in [0.05, 0.1) is 16.7 Å². The Labute approximate surface area is 527 Å². The van der Waals surface area contributed by atoms with Crippen LogP contribution in [0.3, 0.4) is 0 Å². The zero-order valence-corrected chi connectivity index (χ0v) is 55.9. The van der Waals surface area contributed by atoms with Gasteiger partial charge in [-0.15, -0.1) is 0 Å². The molecule has 0 aliphatic rings. The molecule has 3 heteroatoms. The van der Waals surface area contributed by atoms with E-state index in [1.165, 1.54) is 72.1 Å². The van der Waals surface area contributed by atoms with E-state index in [1.807, 2.05) is 0 Å². The van der Waals surface area contributed by atoms with E-state index in [2.05, 4.69) is 376 Å². The molecular formula is C85H93N3. The zero-order chi connectivity index (χ0) is 62.9. The van der Waals surface area contributed by atoms with Crippen molar-refractivity contribution in [1.82, 2.24) is 4.57 Å². The highest BCUT2D eigenvalue weighted by molar-refractivity contribution is 6.12. The second-order valence-corrected chi connectivity index (χ2v) is 30.5. The predicted octanol–water partition coefficient (Wildman–Crippen LogP) is 23.9. The Balaban J connectivity index is 1.28. The lowest BCUT2D eigenvalue weighted by Gasteiger charge is -2.38. The van der Waals surface area contributed by atoms with Crippen molar-refractivity contribution in [2.75, 3.05) is 9.80 Å². The number of aromatic nitrogens is 1. The van der Waals surface area contributed by atoms with Gasteiger partial charge in [-0.25, -0.2) is 0 Å². The fourth-order valence-electron chi connectivity index (χ4n) is 13.1. The van der Waals surface area contributed by atoms with Crippen LogP contribution in [-0.4, -0.2) is 4.57 Å². The molecule has 0 spiro atoms. The number of hydrogen-bond acceptors (Lipinski definition) is 2. The first-order chi connectivity index (χ1) is 41.4. The van der Waals surface area contributed by atoms with E-state index in [-0.39, 0.29) is 27.1 Å². The minimum Gasteiger partial charge on any atom is -0.310 e. The number of nitrogens with zero attached hydrogens (tertiary/aromatic N) is 3. The van der Waals surface area contributed by atoms with Crippen LogP contribution in [-0.2, 0) is 37.9 Å². The van der Waals surface area contributed by atoms with Crippen molar-refractivity contribution in [3.05, 3.63) is 292 Å². The summed E-state index contributed by atoms with van der Waals surface area (Å²) in [5.41, 5.74) is 21.7. The molecule has 1 aromatic heterocycles. The predicted molar refractivity (Wildman–Crippen MR) is 381 cm³/mol. The van der Waals surface area contributed by atoms with E-state index in [0.717, 1.165) is 45.2 Å². The summed E-state index contributed by atoms with van der Waals surface area (Å²) in [6.07, 6.45) is 0. The summed E-state index contributed by atoms with van der Waals surface area (Å²) in [6, 6.07) is 90.1. The highest BCUT2D eigenvalue weighted by atomic mass is 15.2. The molecule has 0 atom stereocenters. The Morgan fingerprint density at radius 2 is 0.477 bits per heavy atom. The molecule has 0 bridgehead atoms. The number of hydrogen-bond donors (Lipinski definition) is 0. The molecule has 448 valence electrons. The third kappa shape index (κ3) is 11.7. The van der Waals surface area contributed by atoms with E-state index < -0.39 is 10.8 Å². The van der Waals surface area contributed by atoms with E-state index in [4.69, 9.17) is 0 Å². The van der Waals surface area contributed by atoms with Gasteiger partial charge < -0.3 is 14.4 Å². The van der Waals surface area contributed by atoms with Crippen molar-refractivity contribution in [1.29, 1.82) is 0 Å². The molecule has 1 heterocycles. The van der Waals surface area contributed by atoms with Gasteiger partial charge in [-0.2, -0.15) is 0 Å². The largest absolute Gasteiger partial charge is 0.310 e. The van der Waals surface area contributed by atoms with Crippen LogP contribution < -0.4 is 9.80 Å². The first-order valence-corrected chi connectivity index (χ1v) is 31.9. The van der Waals surface area contributed by atoms with Crippen molar-refractivity contribution in [2.45, 2.75) is 163 Å². The van der Waals surface area contributed by atoms with Crippen LogP contribution in [0.5, 0.6) is 0 Å². The molecule has 0 N–H and O–H groups in total. The minimum absolute atomic E-state index is 0.00463. The first-order valence-electron chi connectivity index (χ1n) is 31.9. The molecule has 11 rings (SSSR count). The molecule has 0 saturated carbocycles. The molecule has 0 unspecified atom stereocenters. The number of benzene rings is 10. The summed E-state index contributed by atoms with van der Waals surface area (Å²) in [6.45, 7) is 42.1. The standard InChI is InChI=1S/C85H93N3/c1-79(2,3)58-34-42-66(43-35-58)86(67-44-36-59(37-45-67)80(4,5)6)70-50-52-76-72(56-70)73-57-71(87(68-46-38-60(39-47-68)81(7,8)9)69-48-40-61(41-49-69)82(10,11)12)51-53-77(73)88(76)78-74(84(15,16)63-30-24-20-25-31-63)54-65(83(13,14)62-28-22-19-23-29-62)55-75(78)85(17,18)64-32-26-21-27-33-64/h19-57H,1-18H3. The fraction of sp³-hybridized carbons (Fsp3) is 0.294. The van der Waals surface area contributed by atoms with E-state index >= 15 is 0 Å². The van der Waals surface area contributed by atoms with Crippen molar-refractivity contribution in [3.8, 4) is 5.69 Å². The molecule has 0 aliphatic carbocycles. The number of rotatable bonds is 13. The smallest absolute Gasteiger partial charge is 0.0544 e. The molecule has 0 aliphatic heterocycles. The molecule has 88 heavy (non-hydrogen) atoms. The van der Waals surface area contributed by atoms with E-state index in [9.17, 15) is 0 Å². The van der Waals surface area contributed by atoms with Crippen molar-refractivity contribution < 1.29 is 0 Å². The number of fused-ring (bicyclic) bond motifs is 3. The van der Waals surface area contributed by atoms with Crippen LogP contribution in [0.1, 0.15) is 180 Å². The van der Waals surface area contributed by atoms with E-state index in [1.54, 1.807) is 0 Å². The molecule has 0 fully saturated rings. The second-order valence-electron chi connectivity index (χ2n) is 30.5. The minimum atomic E-state index is -0.464. The summed E-state index contributed by atoms with van der Waals surface area (Å²) in [7, 11) is 0. The highest BCUT2D eigenvalue weighted by Gasteiger charge is 2.38. The summed E-state index contributed by atoms with van der Waals surface area (Å²) in [5.74, 6) is 0. The van der Waals surface area contributed by atoms with Crippen LogP contribution in [0.2, 0.25) is 0 Å². The SMILES string of the molecule is CC(C)(C)c1ccc(N(c2ccc(C(C)(C)C)cc2)c2ccc3c(c2)c2cc(N(c4ccc(C(C)(C)C)cc4)c4ccc(C(C)(C)C)cc4)ccc2n3-c2c(C(C)(C)c3ccccc3)cc(C(C)(C)c3ccccc3)cc2C(C)(C)c2ccccc2)cc1. The van der Waals surface area contributed by atoms with Crippen LogP contribution in [0.25, 0.3) is 27.5 Å². The maximum atomic E-state index is 2.65. The fourth-order valence-corrected chi connectivity index (χ4v) is 13.1. The maximum Gasteiger partial charge on any atom is 0.0544 e. The quantitative estimate of drug-likeness (QED) is 0.114. The van der Waals surface area contributed by atoms with Crippen molar-refractivity contribution in [2.24, 2.45) is 0 Å². The first kappa shape index (κ1) is 61.3. The van der Waals surface area contributed by atoms with Crippen LogP contribution >= 0.6 is 0 Å². The Morgan fingerprint density at radius 1 is 0.227 bits per heavy atom. The summed E-state index contributed by atoms with van der Waals surface area (Å²) in [5, 5.41) is 2.34. The monoisotopic (exact) mass is 1160 g/mol. The third-order valence-electron chi connectivity index (χ3n) is 19.1. The topological polar surface area (TPSA) is 11.4 Å². The Hall–Kier alpha value is -8.40. The van der Waals surface area contributed by atoms with E-state index in [0.29, 0.717) is 0 Å². The molecule has 3 nitrogen and oxygen atoms in total. The Bertz CT molecular complexity index is 3880. The van der Waals surface area contributed by atoms with Crippen molar-refractivity contribution >= 4 is 55.9 Å². The molecule has 0 radical (unpaired) electrons. The highest BCUT2D eigenvalue weighted by Crippen LogP contribution is 2.51. The van der Waals surface area contributed by atoms with Gasteiger partial charge >= 0.3 is 0 Å². The normalized spacial score (nSPS) is 12.9. The number of anilines is 6. The van der Waals surface area contributed by atoms with Gasteiger partial charge in [0.25, 0.3) is 0 Å². The molecular weight excluding hydrogens is 1060 g/mol. The average molecular weight is 1160 g/mol. The molecule has 10 aromatic carbocycles.